The third-order valence-electron chi connectivity index (χ3n) is 7.33. The molecule has 0 radical (unpaired) electrons. The van der Waals surface area contributed by atoms with Crippen molar-refractivity contribution < 1.29 is 13.2 Å². The zero-order chi connectivity index (χ0) is 22.8. The van der Waals surface area contributed by atoms with E-state index in [1.165, 1.54) is 17.7 Å². The molecule has 3 atom stereocenters. The SMILES string of the molecule is FC(F)(F)c1cccc([C@H](c2ccccc2)[C@@H]2[C@H](NCc3ccccc3)C3CCN2CC3)c1. The molecule has 3 aromatic carbocycles. The molecule has 2 bridgehead atoms. The molecule has 2 nitrogen and oxygen atoms in total. The van der Waals surface area contributed by atoms with Gasteiger partial charge in [0.2, 0.25) is 0 Å². The second-order valence-electron chi connectivity index (χ2n) is 9.27. The number of rotatable bonds is 6. The lowest BCUT2D eigenvalue weighted by Gasteiger charge is -2.54. The van der Waals surface area contributed by atoms with Crippen LogP contribution in [0.25, 0.3) is 0 Å². The van der Waals surface area contributed by atoms with Gasteiger partial charge in [-0.25, -0.2) is 0 Å². The number of alkyl halides is 3. The van der Waals surface area contributed by atoms with Crippen molar-refractivity contribution in [2.45, 2.75) is 43.6 Å². The second kappa shape index (κ2) is 9.32. The summed E-state index contributed by atoms with van der Waals surface area (Å²) in [5, 5.41) is 3.82. The van der Waals surface area contributed by atoms with Crippen molar-refractivity contribution >= 4 is 0 Å². The van der Waals surface area contributed by atoms with E-state index in [0.29, 0.717) is 5.92 Å². The fraction of sp³-hybridized carbons (Fsp3) is 0.357. The summed E-state index contributed by atoms with van der Waals surface area (Å²) in [5.41, 5.74) is 2.45. The lowest BCUT2D eigenvalue weighted by atomic mass is 9.70. The number of halogens is 3. The number of piperidine rings is 3. The van der Waals surface area contributed by atoms with E-state index in [1.54, 1.807) is 6.07 Å². The molecule has 0 aliphatic carbocycles. The van der Waals surface area contributed by atoms with Gasteiger partial charge in [0.1, 0.15) is 0 Å². The third-order valence-corrected chi connectivity index (χ3v) is 7.33. The molecule has 3 aliphatic rings. The van der Waals surface area contributed by atoms with Crippen LogP contribution in [0.15, 0.2) is 84.9 Å². The van der Waals surface area contributed by atoms with Crippen LogP contribution in [0.4, 0.5) is 13.2 Å². The van der Waals surface area contributed by atoms with E-state index < -0.39 is 11.7 Å². The molecule has 0 saturated carbocycles. The van der Waals surface area contributed by atoms with Gasteiger partial charge < -0.3 is 5.32 Å². The Hall–Kier alpha value is -2.63. The van der Waals surface area contributed by atoms with E-state index in [-0.39, 0.29) is 18.0 Å². The molecule has 0 unspecified atom stereocenters. The van der Waals surface area contributed by atoms with E-state index in [2.05, 4.69) is 34.5 Å². The Morgan fingerprint density at radius 3 is 2.12 bits per heavy atom. The first-order valence-electron chi connectivity index (χ1n) is 11.7. The summed E-state index contributed by atoms with van der Waals surface area (Å²) in [4.78, 5) is 2.50. The largest absolute Gasteiger partial charge is 0.416 e. The van der Waals surface area contributed by atoms with Gasteiger partial charge in [-0.15, -0.1) is 0 Å². The van der Waals surface area contributed by atoms with E-state index in [9.17, 15) is 13.2 Å². The van der Waals surface area contributed by atoms with E-state index in [4.69, 9.17) is 0 Å². The average molecular weight is 451 g/mol. The molecular weight excluding hydrogens is 421 g/mol. The number of hydrogen-bond acceptors (Lipinski definition) is 2. The molecule has 0 aromatic heterocycles. The molecule has 6 rings (SSSR count). The highest BCUT2D eigenvalue weighted by molar-refractivity contribution is 5.39. The predicted octanol–water partition coefficient (Wildman–Crippen LogP) is 6.09. The molecule has 1 N–H and O–H groups in total. The van der Waals surface area contributed by atoms with Crippen LogP contribution in [0.2, 0.25) is 0 Å². The maximum absolute atomic E-state index is 13.6. The quantitative estimate of drug-likeness (QED) is 0.489. The van der Waals surface area contributed by atoms with Gasteiger partial charge in [-0.1, -0.05) is 78.9 Å². The Labute approximate surface area is 193 Å². The van der Waals surface area contributed by atoms with Crippen molar-refractivity contribution in [3.63, 3.8) is 0 Å². The number of hydrogen-bond donors (Lipinski definition) is 1. The van der Waals surface area contributed by atoms with Crippen molar-refractivity contribution in [3.05, 3.63) is 107 Å². The molecule has 3 aliphatic heterocycles. The number of nitrogens with zero attached hydrogens (tertiary/aromatic N) is 1. The van der Waals surface area contributed by atoms with Gasteiger partial charge in [0, 0.05) is 24.5 Å². The van der Waals surface area contributed by atoms with Crippen molar-refractivity contribution in [2.75, 3.05) is 13.1 Å². The van der Waals surface area contributed by atoms with Gasteiger partial charge in [0.15, 0.2) is 0 Å². The lowest BCUT2D eigenvalue weighted by Crippen LogP contribution is -2.64. The maximum atomic E-state index is 13.6. The molecule has 5 heteroatoms. The Kier molecular flexibility index (Phi) is 6.26. The molecule has 0 spiro atoms. The predicted molar refractivity (Wildman–Crippen MR) is 125 cm³/mol. The fourth-order valence-corrected chi connectivity index (χ4v) is 5.78. The minimum atomic E-state index is -4.35. The minimum absolute atomic E-state index is 0.104. The van der Waals surface area contributed by atoms with Crippen LogP contribution in [0.5, 0.6) is 0 Å². The highest BCUT2D eigenvalue weighted by Crippen LogP contribution is 2.43. The lowest BCUT2D eigenvalue weighted by molar-refractivity contribution is -0.137. The summed E-state index contributed by atoms with van der Waals surface area (Å²) < 4.78 is 40.8. The molecule has 172 valence electrons. The summed E-state index contributed by atoms with van der Waals surface area (Å²) >= 11 is 0. The highest BCUT2D eigenvalue weighted by atomic mass is 19.4. The van der Waals surface area contributed by atoms with Crippen LogP contribution in [-0.2, 0) is 12.7 Å². The van der Waals surface area contributed by atoms with Crippen LogP contribution in [0, 0.1) is 5.92 Å². The van der Waals surface area contributed by atoms with E-state index in [1.807, 2.05) is 42.5 Å². The van der Waals surface area contributed by atoms with Crippen LogP contribution in [-0.4, -0.2) is 30.1 Å². The average Bonchev–Trinajstić information content (AvgIpc) is 2.85. The van der Waals surface area contributed by atoms with Gasteiger partial charge in [0.05, 0.1) is 5.56 Å². The molecule has 3 fully saturated rings. The molecule has 33 heavy (non-hydrogen) atoms. The number of fused-ring (bicyclic) bond motifs is 3. The standard InChI is InChI=1S/C28H29F3N2/c29-28(30,31)24-13-7-12-23(18-24)25(21-10-5-2-6-11-21)27-26(22-14-16-33(27)17-15-22)32-19-20-8-3-1-4-9-20/h1-13,18,22,25-27,32H,14-17,19H2/t25-,26+,27+/m0/s1. The summed E-state index contributed by atoms with van der Waals surface area (Å²) in [6, 6.07) is 26.6. The van der Waals surface area contributed by atoms with Gasteiger partial charge in [-0.05, 0) is 54.6 Å². The summed E-state index contributed by atoms with van der Waals surface area (Å²) in [5.74, 6) is 0.394. The summed E-state index contributed by atoms with van der Waals surface area (Å²) in [7, 11) is 0. The molecule has 3 aromatic rings. The fourth-order valence-electron chi connectivity index (χ4n) is 5.78. The smallest absolute Gasteiger partial charge is 0.308 e. The first kappa shape index (κ1) is 22.2. The molecular formula is C28H29F3N2. The maximum Gasteiger partial charge on any atom is 0.416 e. The highest BCUT2D eigenvalue weighted by Gasteiger charge is 2.46. The Morgan fingerprint density at radius 2 is 1.45 bits per heavy atom. The Balaban J connectivity index is 1.54. The van der Waals surface area contributed by atoms with Gasteiger partial charge in [-0.2, -0.15) is 13.2 Å². The van der Waals surface area contributed by atoms with Crippen LogP contribution >= 0.6 is 0 Å². The van der Waals surface area contributed by atoms with Crippen molar-refractivity contribution in [1.82, 2.24) is 10.2 Å². The monoisotopic (exact) mass is 450 g/mol. The van der Waals surface area contributed by atoms with Crippen molar-refractivity contribution in [3.8, 4) is 0 Å². The summed E-state index contributed by atoms with van der Waals surface area (Å²) in [6.45, 7) is 2.76. The molecule has 3 heterocycles. The number of nitrogens with one attached hydrogen (secondary N) is 1. The van der Waals surface area contributed by atoms with Crippen LogP contribution in [0.3, 0.4) is 0 Å². The minimum Gasteiger partial charge on any atom is -0.308 e. The number of benzene rings is 3. The van der Waals surface area contributed by atoms with Crippen molar-refractivity contribution in [2.24, 2.45) is 5.92 Å². The topological polar surface area (TPSA) is 15.3 Å². The second-order valence-corrected chi connectivity index (χ2v) is 9.27. The first-order valence-corrected chi connectivity index (χ1v) is 11.7. The third kappa shape index (κ3) is 4.71. The van der Waals surface area contributed by atoms with Crippen LogP contribution < -0.4 is 5.32 Å². The van der Waals surface area contributed by atoms with Gasteiger partial charge in [0.25, 0.3) is 0 Å². The Bertz CT molecular complexity index is 1040. The van der Waals surface area contributed by atoms with Gasteiger partial charge in [-0.3, -0.25) is 4.90 Å². The normalized spacial score (nSPS) is 25.7. The van der Waals surface area contributed by atoms with E-state index in [0.717, 1.165) is 43.6 Å². The van der Waals surface area contributed by atoms with Crippen LogP contribution in [0.1, 0.15) is 41.0 Å². The first-order chi connectivity index (χ1) is 16.0. The zero-order valence-corrected chi connectivity index (χ0v) is 18.5. The zero-order valence-electron chi connectivity index (χ0n) is 18.5. The molecule has 3 saturated heterocycles. The Morgan fingerprint density at radius 1 is 0.818 bits per heavy atom. The van der Waals surface area contributed by atoms with Gasteiger partial charge >= 0.3 is 6.18 Å². The summed E-state index contributed by atoms with van der Waals surface area (Å²) in [6.07, 6.45) is -2.09. The van der Waals surface area contributed by atoms with E-state index >= 15 is 0 Å². The molecule has 0 amide bonds. The van der Waals surface area contributed by atoms with Crippen molar-refractivity contribution in [1.29, 1.82) is 0 Å².